The van der Waals surface area contributed by atoms with Gasteiger partial charge in [0.15, 0.2) is 9.84 Å². The number of sulfone groups is 1. The summed E-state index contributed by atoms with van der Waals surface area (Å²) in [6.45, 7) is 1.82. The first-order valence-electron chi connectivity index (χ1n) is 7.70. The van der Waals surface area contributed by atoms with Crippen molar-refractivity contribution in [3.8, 4) is 0 Å². The molecule has 2 heterocycles. The summed E-state index contributed by atoms with van der Waals surface area (Å²) in [4.78, 5) is 12.3. The van der Waals surface area contributed by atoms with E-state index in [-0.39, 0.29) is 29.5 Å². The zero-order valence-electron chi connectivity index (χ0n) is 13.5. The van der Waals surface area contributed by atoms with Crippen LogP contribution in [0.25, 0.3) is 0 Å². The molecule has 0 bridgehead atoms. The van der Waals surface area contributed by atoms with E-state index < -0.39 is 19.9 Å². The summed E-state index contributed by atoms with van der Waals surface area (Å²) in [6, 6.07) is 4.36. The molecule has 0 saturated carbocycles. The first kappa shape index (κ1) is 17.2. The standard InChI is InChI=1S/C15H20N2O5S2/c1-10-7-12-8-11(3-4-14(12)17(10)23(2,19)20)15(18)16-13-5-6-24(21,22)9-13/h3-4,8,10,13H,5-7,9H2,1-2H3,(H,16,18)/t10-,13-/m1/s1. The van der Waals surface area contributed by atoms with Crippen molar-refractivity contribution in [3.05, 3.63) is 29.3 Å². The van der Waals surface area contributed by atoms with Gasteiger partial charge in [0.05, 0.1) is 23.4 Å². The Bertz CT molecular complexity index is 892. The van der Waals surface area contributed by atoms with Crippen LogP contribution in [0.1, 0.15) is 29.3 Å². The fourth-order valence-electron chi connectivity index (χ4n) is 3.43. The van der Waals surface area contributed by atoms with Gasteiger partial charge in [0.2, 0.25) is 10.0 Å². The molecule has 1 saturated heterocycles. The third-order valence-corrected chi connectivity index (χ3v) is 7.46. The Kier molecular flexibility index (Phi) is 4.11. The van der Waals surface area contributed by atoms with Gasteiger partial charge in [0.1, 0.15) is 0 Å². The van der Waals surface area contributed by atoms with Crippen LogP contribution in [0.15, 0.2) is 18.2 Å². The molecular weight excluding hydrogens is 352 g/mol. The maximum absolute atomic E-state index is 12.3. The predicted octanol–water partition coefficient (Wildman–Crippen LogP) is 0.314. The van der Waals surface area contributed by atoms with Crippen LogP contribution < -0.4 is 9.62 Å². The van der Waals surface area contributed by atoms with Gasteiger partial charge in [-0.2, -0.15) is 0 Å². The molecule has 1 aromatic rings. The molecule has 24 heavy (non-hydrogen) atoms. The monoisotopic (exact) mass is 372 g/mol. The fourth-order valence-corrected chi connectivity index (χ4v) is 6.36. The minimum absolute atomic E-state index is 0.0252. The highest BCUT2D eigenvalue weighted by atomic mass is 32.2. The Morgan fingerprint density at radius 1 is 1.33 bits per heavy atom. The average Bonchev–Trinajstić information content (AvgIpc) is 2.95. The minimum atomic E-state index is -3.36. The van der Waals surface area contributed by atoms with Gasteiger partial charge >= 0.3 is 0 Å². The molecule has 2 aliphatic heterocycles. The molecule has 0 radical (unpaired) electrons. The highest BCUT2D eigenvalue weighted by Crippen LogP contribution is 2.34. The van der Waals surface area contributed by atoms with Crippen LogP contribution >= 0.6 is 0 Å². The lowest BCUT2D eigenvalue weighted by molar-refractivity contribution is 0.0941. The van der Waals surface area contributed by atoms with E-state index in [1.54, 1.807) is 18.2 Å². The van der Waals surface area contributed by atoms with Crippen molar-refractivity contribution in [2.45, 2.75) is 31.8 Å². The number of nitrogens with one attached hydrogen (secondary N) is 1. The van der Waals surface area contributed by atoms with Crippen LogP contribution in [0.3, 0.4) is 0 Å². The van der Waals surface area contributed by atoms with E-state index in [0.717, 1.165) is 5.56 Å². The molecule has 0 spiro atoms. The maximum Gasteiger partial charge on any atom is 0.251 e. The Labute approximate surface area is 142 Å². The van der Waals surface area contributed by atoms with E-state index in [9.17, 15) is 21.6 Å². The summed E-state index contributed by atoms with van der Waals surface area (Å²) < 4.78 is 48.1. The Morgan fingerprint density at radius 3 is 2.62 bits per heavy atom. The van der Waals surface area contributed by atoms with Crippen LogP contribution in [0, 0.1) is 0 Å². The lowest BCUT2D eigenvalue weighted by Gasteiger charge is -2.22. The smallest absolute Gasteiger partial charge is 0.251 e. The molecule has 1 amide bonds. The molecule has 2 aliphatic rings. The molecule has 1 fully saturated rings. The third-order valence-electron chi connectivity index (χ3n) is 4.42. The van der Waals surface area contributed by atoms with Crippen molar-refractivity contribution < 1.29 is 21.6 Å². The number of nitrogens with zero attached hydrogens (tertiary/aromatic N) is 1. The highest BCUT2D eigenvalue weighted by molar-refractivity contribution is 7.92. The van der Waals surface area contributed by atoms with E-state index in [1.165, 1.54) is 10.6 Å². The van der Waals surface area contributed by atoms with Crippen molar-refractivity contribution in [1.82, 2.24) is 5.32 Å². The van der Waals surface area contributed by atoms with E-state index in [0.29, 0.717) is 24.1 Å². The second-order valence-electron chi connectivity index (χ2n) is 6.53. The number of benzene rings is 1. The van der Waals surface area contributed by atoms with Gasteiger partial charge in [-0.15, -0.1) is 0 Å². The van der Waals surface area contributed by atoms with Crippen molar-refractivity contribution in [3.63, 3.8) is 0 Å². The molecule has 0 aromatic heterocycles. The number of carbonyl (C=O) groups is 1. The minimum Gasteiger partial charge on any atom is -0.348 e. The average molecular weight is 372 g/mol. The summed E-state index contributed by atoms with van der Waals surface area (Å²) in [5.74, 6) is -0.253. The van der Waals surface area contributed by atoms with Crippen molar-refractivity contribution in [2.24, 2.45) is 0 Å². The summed E-state index contributed by atoms with van der Waals surface area (Å²) in [5, 5.41) is 2.74. The van der Waals surface area contributed by atoms with Crippen molar-refractivity contribution >= 4 is 31.5 Å². The number of amides is 1. The molecular formula is C15H20N2O5S2. The largest absolute Gasteiger partial charge is 0.348 e. The van der Waals surface area contributed by atoms with Gasteiger partial charge in [-0.1, -0.05) is 0 Å². The normalized spacial score (nSPS) is 25.5. The van der Waals surface area contributed by atoms with E-state index in [4.69, 9.17) is 0 Å². The van der Waals surface area contributed by atoms with Gasteiger partial charge in [0, 0.05) is 17.6 Å². The molecule has 0 aliphatic carbocycles. The van der Waals surface area contributed by atoms with Crippen LogP contribution in [-0.2, 0) is 26.3 Å². The molecule has 1 N–H and O–H groups in total. The Hall–Kier alpha value is -1.61. The van der Waals surface area contributed by atoms with Crippen molar-refractivity contribution in [2.75, 3.05) is 22.1 Å². The van der Waals surface area contributed by atoms with E-state index in [1.807, 2.05) is 6.92 Å². The SMILES string of the molecule is C[C@@H]1Cc2cc(C(=O)N[C@@H]3CCS(=O)(=O)C3)ccc2N1S(C)(=O)=O. The summed E-state index contributed by atoms with van der Waals surface area (Å²) in [5.41, 5.74) is 1.82. The van der Waals surface area contributed by atoms with Gasteiger partial charge in [0.25, 0.3) is 5.91 Å². The zero-order chi connectivity index (χ0) is 17.7. The Morgan fingerprint density at radius 2 is 2.04 bits per heavy atom. The molecule has 1 aromatic carbocycles. The zero-order valence-corrected chi connectivity index (χ0v) is 15.2. The first-order chi connectivity index (χ1) is 11.1. The van der Waals surface area contributed by atoms with Crippen molar-refractivity contribution in [1.29, 1.82) is 0 Å². The second kappa shape index (κ2) is 5.73. The maximum atomic E-state index is 12.3. The summed E-state index contributed by atoms with van der Waals surface area (Å²) in [6.07, 6.45) is 2.14. The number of sulfonamides is 1. The molecule has 132 valence electrons. The van der Waals surface area contributed by atoms with Gasteiger partial charge in [-0.3, -0.25) is 9.10 Å². The van der Waals surface area contributed by atoms with Crippen LogP contribution in [-0.4, -0.2) is 52.6 Å². The first-order valence-corrected chi connectivity index (χ1v) is 11.4. The molecule has 0 unspecified atom stereocenters. The number of hydrogen-bond acceptors (Lipinski definition) is 5. The number of carbonyl (C=O) groups excluding carboxylic acids is 1. The molecule has 9 heteroatoms. The topological polar surface area (TPSA) is 101 Å². The molecule has 7 nitrogen and oxygen atoms in total. The van der Waals surface area contributed by atoms with Gasteiger partial charge < -0.3 is 5.32 Å². The lowest BCUT2D eigenvalue weighted by atomic mass is 10.1. The second-order valence-corrected chi connectivity index (χ2v) is 10.6. The summed E-state index contributed by atoms with van der Waals surface area (Å²) in [7, 11) is -6.42. The molecule has 2 atom stereocenters. The number of hydrogen-bond donors (Lipinski definition) is 1. The lowest BCUT2D eigenvalue weighted by Crippen LogP contribution is -2.35. The Balaban J connectivity index is 1.80. The molecule has 3 rings (SSSR count). The van der Waals surface area contributed by atoms with Gasteiger partial charge in [-0.05, 0) is 43.5 Å². The quantitative estimate of drug-likeness (QED) is 0.823. The number of rotatable bonds is 3. The fraction of sp³-hybridized carbons (Fsp3) is 0.533. The number of fused-ring (bicyclic) bond motifs is 1. The van der Waals surface area contributed by atoms with E-state index >= 15 is 0 Å². The third kappa shape index (κ3) is 3.27. The van der Waals surface area contributed by atoms with Crippen LogP contribution in [0.4, 0.5) is 5.69 Å². The number of anilines is 1. The van der Waals surface area contributed by atoms with Crippen LogP contribution in [0.2, 0.25) is 0 Å². The predicted molar refractivity (Wildman–Crippen MR) is 91.5 cm³/mol. The summed E-state index contributed by atoms with van der Waals surface area (Å²) >= 11 is 0. The van der Waals surface area contributed by atoms with Crippen LogP contribution in [0.5, 0.6) is 0 Å². The van der Waals surface area contributed by atoms with E-state index in [2.05, 4.69) is 5.32 Å². The van der Waals surface area contributed by atoms with Gasteiger partial charge in [-0.25, -0.2) is 16.8 Å². The highest BCUT2D eigenvalue weighted by Gasteiger charge is 2.33.